The molecule has 0 radical (unpaired) electrons. The summed E-state index contributed by atoms with van der Waals surface area (Å²) in [6.45, 7) is 4.59. The smallest absolute Gasteiger partial charge is 0.131 e. The first-order valence-corrected chi connectivity index (χ1v) is 11.4. The minimum absolute atomic E-state index is 0.428. The lowest BCUT2D eigenvalue weighted by molar-refractivity contribution is 0.0496. The second kappa shape index (κ2) is 10.4. The Bertz CT molecular complexity index is 390. The Morgan fingerprint density at radius 1 is 0.731 bits per heavy atom. The summed E-state index contributed by atoms with van der Waals surface area (Å²) in [6.07, 6.45) is 11.5. The first-order valence-electron chi connectivity index (χ1n) is 11.4. The van der Waals surface area contributed by atoms with Crippen LogP contribution in [0.2, 0.25) is 0 Å². The molecule has 1 aliphatic heterocycles. The summed E-state index contributed by atoms with van der Waals surface area (Å²) >= 11 is 0. The quantitative estimate of drug-likeness (QED) is 0.588. The van der Waals surface area contributed by atoms with Gasteiger partial charge in [-0.05, 0) is 75.0 Å². The topological polar surface area (TPSA) is 24.1 Å². The number of halogens is 2. The molecule has 1 saturated heterocycles. The molecule has 1 heterocycles. The van der Waals surface area contributed by atoms with E-state index >= 15 is 0 Å². The van der Waals surface area contributed by atoms with Crippen molar-refractivity contribution in [1.82, 2.24) is 10.6 Å². The van der Waals surface area contributed by atoms with Gasteiger partial charge < -0.3 is 10.6 Å². The molecule has 26 heavy (non-hydrogen) atoms. The maximum Gasteiger partial charge on any atom is 0.131 e. The van der Waals surface area contributed by atoms with Crippen LogP contribution >= 0.6 is 0 Å². The van der Waals surface area contributed by atoms with Crippen molar-refractivity contribution in [3.8, 4) is 0 Å². The molecule has 4 heteroatoms. The second-order valence-electron chi connectivity index (χ2n) is 9.29. The normalized spacial score (nSPS) is 41.9. The molecule has 0 aromatic rings. The minimum Gasteiger partial charge on any atom is -0.301 e. The molecule has 3 unspecified atom stereocenters. The highest BCUT2D eigenvalue weighted by molar-refractivity contribution is 4.89. The Kier molecular flexibility index (Phi) is 8.17. The molecule has 2 N–H and O–H groups in total. The number of alkyl halides is 2. The van der Waals surface area contributed by atoms with E-state index in [-0.39, 0.29) is 0 Å². The average molecular weight is 371 g/mol. The van der Waals surface area contributed by atoms with Gasteiger partial charge in [0.25, 0.3) is 0 Å². The lowest BCUT2D eigenvalue weighted by Gasteiger charge is -2.42. The minimum atomic E-state index is -1.21. The van der Waals surface area contributed by atoms with Crippen molar-refractivity contribution in [2.75, 3.05) is 13.1 Å². The van der Waals surface area contributed by atoms with E-state index in [2.05, 4.69) is 17.6 Å². The van der Waals surface area contributed by atoms with Gasteiger partial charge in [-0.25, -0.2) is 8.78 Å². The standard InChI is InChI=1S/C22H40F2N2/c1-2-3-4-5-6-16-14-25-22(26-15-16)18-9-7-17(8-10-18)19-11-12-20(23)21(24)13-19/h16-22,25-26H,2-15H2,1H3. The number of hydrogen-bond acceptors (Lipinski definition) is 2. The molecule has 3 fully saturated rings. The summed E-state index contributed by atoms with van der Waals surface area (Å²) in [6, 6.07) is 0. The summed E-state index contributed by atoms with van der Waals surface area (Å²) < 4.78 is 27.1. The Balaban J connectivity index is 1.33. The SMILES string of the molecule is CCCCCCC1CNC(C2CCC(C3CCC(F)C(F)C3)CC2)NC1. The van der Waals surface area contributed by atoms with Crippen LogP contribution in [0.15, 0.2) is 0 Å². The van der Waals surface area contributed by atoms with Crippen molar-refractivity contribution >= 4 is 0 Å². The molecule has 152 valence electrons. The van der Waals surface area contributed by atoms with Crippen LogP contribution in [0.1, 0.15) is 84.0 Å². The van der Waals surface area contributed by atoms with E-state index in [1.165, 1.54) is 57.8 Å². The van der Waals surface area contributed by atoms with Crippen molar-refractivity contribution in [3.05, 3.63) is 0 Å². The maximum absolute atomic E-state index is 13.7. The Labute approximate surface area is 159 Å². The van der Waals surface area contributed by atoms with Gasteiger partial charge in [-0.1, -0.05) is 32.6 Å². The van der Waals surface area contributed by atoms with Gasteiger partial charge in [0.2, 0.25) is 0 Å². The van der Waals surface area contributed by atoms with Crippen LogP contribution in [0.5, 0.6) is 0 Å². The lowest BCUT2D eigenvalue weighted by Crippen LogP contribution is -2.56. The zero-order valence-electron chi connectivity index (χ0n) is 16.7. The van der Waals surface area contributed by atoms with Crippen molar-refractivity contribution in [2.24, 2.45) is 23.7 Å². The Hall–Kier alpha value is -0.220. The summed E-state index contributed by atoms with van der Waals surface area (Å²) in [5.74, 6) is 2.56. The molecule has 2 nitrogen and oxygen atoms in total. The Morgan fingerprint density at radius 3 is 2.04 bits per heavy atom. The van der Waals surface area contributed by atoms with E-state index in [0.29, 0.717) is 36.8 Å². The van der Waals surface area contributed by atoms with Gasteiger partial charge in [0.15, 0.2) is 0 Å². The molecule has 0 aromatic carbocycles. The van der Waals surface area contributed by atoms with Crippen LogP contribution in [0, 0.1) is 23.7 Å². The third-order valence-corrected chi connectivity index (χ3v) is 7.41. The van der Waals surface area contributed by atoms with Crippen LogP contribution in [0.3, 0.4) is 0 Å². The highest BCUT2D eigenvalue weighted by atomic mass is 19.2. The van der Waals surface area contributed by atoms with Crippen LogP contribution in [-0.4, -0.2) is 31.6 Å². The van der Waals surface area contributed by atoms with Gasteiger partial charge in [-0.15, -0.1) is 0 Å². The van der Waals surface area contributed by atoms with E-state index in [0.717, 1.165) is 25.4 Å². The first-order chi connectivity index (χ1) is 12.7. The fourth-order valence-corrected chi connectivity index (χ4v) is 5.62. The van der Waals surface area contributed by atoms with Gasteiger partial charge in [0.1, 0.15) is 12.3 Å². The second-order valence-corrected chi connectivity index (χ2v) is 9.29. The number of nitrogens with one attached hydrogen (secondary N) is 2. The van der Waals surface area contributed by atoms with E-state index in [9.17, 15) is 8.78 Å². The Morgan fingerprint density at radius 2 is 1.38 bits per heavy atom. The molecule has 2 aliphatic carbocycles. The first kappa shape index (κ1) is 20.5. The molecule has 2 saturated carbocycles. The van der Waals surface area contributed by atoms with Crippen molar-refractivity contribution in [3.63, 3.8) is 0 Å². The maximum atomic E-state index is 13.7. The van der Waals surface area contributed by atoms with E-state index in [1.54, 1.807) is 0 Å². The highest BCUT2D eigenvalue weighted by Crippen LogP contribution is 2.42. The van der Waals surface area contributed by atoms with Crippen LogP contribution in [0.4, 0.5) is 8.78 Å². The van der Waals surface area contributed by atoms with Gasteiger partial charge in [-0.2, -0.15) is 0 Å². The summed E-state index contributed by atoms with van der Waals surface area (Å²) in [7, 11) is 0. The fraction of sp³-hybridized carbons (Fsp3) is 1.00. The summed E-state index contributed by atoms with van der Waals surface area (Å²) in [5.41, 5.74) is 0. The van der Waals surface area contributed by atoms with Crippen molar-refractivity contribution in [2.45, 2.75) is 102 Å². The molecule has 0 amide bonds. The van der Waals surface area contributed by atoms with E-state index in [1.807, 2.05) is 0 Å². The molecule has 3 aliphatic rings. The molecule has 0 aromatic heterocycles. The van der Waals surface area contributed by atoms with E-state index in [4.69, 9.17) is 0 Å². The molecule has 0 bridgehead atoms. The van der Waals surface area contributed by atoms with E-state index < -0.39 is 12.3 Å². The molecular weight excluding hydrogens is 330 g/mol. The van der Waals surface area contributed by atoms with Gasteiger partial charge >= 0.3 is 0 Å². The number of rotatable bonds is 7. The van der Waals surface area contributed by atoms with Crippen LogP contribution in [-0.2, 0) is 0 Å². The summed E-state index contributed by atoms with van der Waals surface area (Å²) in [5, 5.41) is 7.53. The molecule has 3 atom stereocenters. The molecule has 3 rings (SSSR count). The predicted octanol–water partition coefficient (Wildman–Crippen LogP) is 5.37. The highest BCUT2D eigenvalue weighted by Gasteiger charge is 2.37. The summed E-state index contributed by atoms with van der Waals surface area (Å²) in [4.78, 5) is 0. The lowest BCUT2D eigenvalue weighted by atomic mass is 9.69. The molecular formula is C22H40F2N2. The van der Waals surface area contributed by atoms with Crippen LogP contribution < -0.4 is 10.6 Å². The van der Waals surface area contributed by atoms with Gasteiger partial charge in [-0.3, -0.25) is 0 Å². The van der Waals surface area contributed by atoms with Crippen molar-refractivity contribution in [1.29, 1.82) is 0 Å². The van der Waals surface area contributed by atoms with Crippen LogP contribution in [0.25, 0.3) is 0 Å². The molecule has 0 spiro atoms. The van der Waals surface area contributed by atoms with Crippen molar-refractivity contribution < 1.29 is 8.78 Å². The third-order valence-electron chi connectivity index (χ3n) is 7.41. The fourth-order valence-electron chi connectivity index (χ4n) is 5.62. The predicted molar refractivity (Wildman–Crippen MR) is 105 cm³/mol. The van der Waals surface area contributed by atoms with Gasteiger partial charge in [0.05, 0.1) is 6.17 Å². The average Bonchev–Trinajstić information content (AvgIpc) is 2.68. The monoisotopic (exact) mass is 370 g/mol. The zero-order chi connectivity index (χ0) is 18.4. The number of hydrogen-bond donors (Lipinski definition) is 2. The largest absolute Gasteiger partial charge is 0.301 e. The number of unbranched alkanes of at least 4 members (excludes halogenated alkanes) is 3. The third kappa shape index (κ3) is 5.64. The zero-order valence-corrected chi connectivity index (χ0v) is 16.7. The van der Waals surface area contributed by atoms with Gasteiger partial charge in [0, 0.05) is 13.1 Å².